The molecule has 0 amide bonds. The molecule has 5 aromatic rings. The number of unbranched alkanes of at least 4 members (excludes halogenated alkanes) is 1. The first-order chi connectivity index (χ1) is 18.0. The lowest BCUT2D eigenvalue weighted by Crippen LogP contribution is -2.26. The van der Waals surface area contributed by atoms with E-state index in [2.05, 4.69) is 66.9 Å². The van der Waals surface area contributed by atoms with E-state index < -0.39 is 0 Å². The van der Waals surface area contributed by atoms with Gasteiger partial charge in [0, 0.05) is 42.1 Å². The molecule has 0 aliphatic carbocycles. The van der Waals surface area contributed by atoms with E-state index in [0.29, 0.717) is 12.4 Å². The summed E-state index contributed by atoms with van der Waals surface area (Å²) < 4.78 is 6.66. The van der Waals surface area contributed by atoms with Crippen molar-refractivity contribution >= 4 is 15.9 Å². The van der Waals surface area contributed by atoms with Crippen molar-refractivity contribution in [1.29, 1.82) is 0 Å². The van der Waals surface area contributed by atoms with E-state index in [0.717, 1.165) is 57.5 Å². The monoisotopic (exact) mass is 560 g/mol. The van der Waals surface area contributed by atoms with Gasteiger partial charge in [0.05, 0.1) is 11.0 Å². The molecule has 5 rings (SSSR count). The topological polar surface area (TPSA) is 99.2 Å². The highest BCUT2D eigenvalue weighted by molar-refractivity contribution is 9.10. The van der Waals surface area contributed by atoms with Crippen LogP contribution in [0.4, 0.5) is 0 Å². The van der Waals surface area contributed by atoms with Crippen molar-refractivity contribution < 1.29 is 0 Å². The first kappa shape index (κ1) is 24.9. The molecule has 4 aromatic heterocycles. The number of rotatable bonds is 9. The molecule has 10 heteroatoms. The van der Waals surface area contributed by atoms with E-state index in [4.69, 9.17) is 0 Å². The van der Waals surface area contributed by atoms with Crippen molar-refractivity contribution in [2.24, 2.45) is 0 Å². The first-order valence-corrected chi connectivity index (χ1v) is 13.2. The van der Waals surface area contributed by atoms with Gasteiger partial charge in [0.15, 0.2) is 5.82 Å². The minimum Gasteiger partial charge on any atom is -0.331 e. The van der Waals surface area contributed by atoms with Gasteiger partial charge in [-0.05, 0) is 81.9 Å². The molecule has 0 aliphatic rings. The van der Waals surface area contributed by atoms with E-state index in [1.54, 1.807) is 10.8 Å². The zero-order valence-corrected chi connectivity index (χ0v) is 22.7. The zero-order chi connectivity index (χ0) is 25.9. The predicted molar refractivity (Wildman–Crippen MR) is 147 cm³/mol. The molecule has 0 radical (unpaired) electrons. The number of benzene rings is 1. The molecule has 37 heavy (non-hydrogen) atoms. The number of tetrazole rings is 1. The molecule has 0 unspecified atom stereocenters. The van der Waals surface area contributed by atoms with Crippen LogP contribution in [0.15, 0.2) is 70.5 Å². The quantitative estimate of drug-likeness (QED) is 0.259. The van der Waals surface area contributed by atoms with Gasteiger partial charge in [-0.15, -0.1) is 5.10 Å². The van der Waals surface area contributed by atoms with Crippen molar-refractivity contribution in [2.45, 2.75) is 52.6 Å². The average molecular weight is 561 g/mol. The smallest absolute Gasteiger partial charge is 0.331 e. The van der Waals surface area contributed by atoms with E-state index in [1.807, 2.05) is 59.6 Å². The number of aromatic nitrogens is 8. The largest absolute Gasteiger partial charge is 0.334 e. The number of H-pyrrole nitrogens is 1. The van der Waals surface area contributed by atoms with Crippen molar-refractivity contribution in [3.8, 4) is 28.3 Å². The Hall–Kier alpha value is -3.79. The fraction of sp³-hybridized carbons (Fsp3) is 0.296. The van der Waals surface area contributed by atoms with Crippen molar-refractivity contribution in [3.05, 3.63) is 87.4 Å². The molecule has 9 nitrogen and oxygen atoms in total. The number of imidazole rings is 1. The second-order valence-corrected chi connectivity index (χ2v) is 10.2. The summed E-state index contributed by atoms with van der Waals surface area (Å²) >= 11 is 3.66. The standard InChI is InChI=1S/C27H29BrN8O/c1-4-5-6-22-17-36(26-24(28)12-14-34(26)18(2)3)27(37)35(22)16-21-15-29-13-11-23(21)19-7-9-20(10-8-19)25-30-32-33-31-25/h7-15,17-18H,4-6,16H2,1-3H3,(H,30,31,32,33). The van der Waals surface area contributed by atoms with Crippen LogP contribution in [0.1, 0.15) is 50.9 Å². The Morgan fingerprint density at radius 3 is 2.57 bits per heavy atom. The number of aryl methyl sites for hydroxylation is 1. The molecule has 0 saturated carbocycles. The lowest BCUT2D eigenvalue weighted by Gasteiger charge is -2.14. The van der Waals surface area contributed by atoms with Gasteiger partial charge in [0.25, 0.3) is 0 Å². The molecule has 0 atom stereocenters. The lowest BCUT2D eigenvalue weighted by atomic mass is 10.00. The summed E-state index contributed by atoms with van der Waals surface area (Å²) in [6, 6.07) is 12.2. The van der Waals surface area contributed by atoms with Crippen LogP contribution in [-0.2, 0) is 13.0 Å². The van der Waals surface area contributed by atoms with E-state index >= 15 is 0 Å². The fourth-order valence-electron chi connectivity index (χ4n) is 4.57. The van der Waals surface area contributed by atoms with Gasteiger partial charge >= 0.3 is 5.69 Å². The van der Waals surface area contributed by atoms with Gasteiger partial charge < -0.3 is 4.57 Å². The second-order valence-electron chi connectivity index (χ2n) is 9.31. The zero-order valence-electron chi connectivity index (χ0n) is 21.1. The van der Waals surface area contributed by atoms with Crippen LogP contribution in [0.3, 0.4) is 0 Å². The summed E-state index contributed by atoms with van der Waals surface area (Å²) in [7, 11) is 0. The highest BCUT2D eigenvalue weighted by atomic mass is 79.9. The average Bonchev–Trinajstić information content (AvgIpc) is 3.64. The van der Waals surface area contributed by atoms with Crippen LogP contribution < -0.4 is 5.69 Å². The Balaban J connectivity index is 1.55. The molecule has 0 fully saturated rings. The summed E-state index contributed by atoms with van der Waals surface area (Å²) in [5, 5.41) is 14.1. The van der Waals surface area contributed by atoms with Gasteiger partial charge in [-0.25, -0.2) is 9.89 Å². The second kappa shape index (κ2) is 10.7. The maximum absolute atomic E-state index is 13.9. The Kier molecular flexibility index (Phi) is 7.18. The number of pyridine rings is 1. The van der Waals surface area contributed by atoms with Crippen LogP contribution in [-0.4, -0.2) is 39.3 Å². The van der Waals surface area contributed by atoms with Crippen LogP contribution in [0.5, 0.6) is 0 Å². The summed E-state index contributed by atoms with van der Waals surface area (Å²) in [5.41, 5.74) is 4.90. The van der Waals surface area contributed by atoms with E-state index in [9.17, 15) is 4.79 Å². The molecule has 4 heterocycles. The first-order valence-electron chi connectivity index (χ1n) is 12.4. The Morgan fingerprint density at radius 2 is 1.86 bits per heavy atom. The number of aromatic amines is 1. The third kappa shape index (κ3) is 4.93. The summed E-state index contributed by atoms with van der Waals surface area (Å²) in [6.45, 7) is 6.82. The molecule has 0 bridgehead atoms. The SMILES string of the molecule is CCCCc1cn(-c2c(Br)ccn2C(C)C)c(=O)n1Cc1cnccc1-c1ccc(-c2nnn[nH]2)cc1. The molecule has 0 saturated heterocycles. The minimum absolute atomic E-state index is 0.0598. The predicted octanol–water partition coefficient (Wildman–Crippen LogP) is 5.42. The molecular formula is C27H29BrN8O. The summed E-state index contributed by atoms with van der Waals surface area (Å²) in [5.74, 6) is 1.47. The highest BCUT2D eigenvalue weighted by Crippen LogP contribution is 2.28. The molecule has 1 aromatic carbocycles. The number of halogens is 1. The van der Waals surface area contributed by atoms with Crippen LogP contribution in [0.2, 0.25) is 0 Å². The maximum atomic E-state index is 13.9. The van der Waals surface area contributed by atoms with Crippen molar-refractivity contribution in [3.63, 3.8) is 0 Å². The van der Waals surface area contributed by atoms with E-state index in [1.165, 1.54) is 0 Å². The van der Waals surface area contributed by atoms with Crippen molar-refractivity contribution in [1.82, 2.24) is 39.3 Å². The van der Waals surface area contributed by atoms with Crippen LogP contribution in [0.25, 0.3) is 28.3 Å². The van der Waals surface area contributed by atoms with Gasteiger partial charge in [0.1, 0.15) is 5.82 Å². The molecule has 190 valence electrons. The summed E-state index contributed by atoms with van der Waals surface area (Å²) in [4.78, 5) is 18.2. The molecule has 0 spiro atoms. The lowest BCUT2D eigenvalue weighted by molar-refractivity contribution is 0.582. The number of hydrogen-bond acceptors (Lipinski definition) is 5. The van der Waals surface area contributed by atoms with Gasteiger partial charge in [0.2, 0.25) is 0 Å². The fourth-order valence-corrected chi connectivity index (χ4v) is 5.08. The van der Waals surface area contributed by atoms with Gasteiger partial charge in [-0.3, -0.25) is 14.1 Å². The molecular weight excluding hydrogens is 532 g/mol. The Bertz CT molecular complexity index is 1540. The Labute approximate surface area is 223 Å². The molecule has 1 N–H and O–H groups in total. The van der Waals surface area contributed by atoms with E-state index in [-0.39, 0.29) is 11.7 Å². The molecule has 0 aliphatic heterocycles. The number of hydrogen-bond donors (Lipinski definition) is 1. The summed E-state index contributed by atoms with van der Waals surface area (Å²) in [6.07, 6.45) is 10.5. The minimum atomic E-state index is -0.0598. The normalized spacial score (nSPS) is 11.5. The number of nitrogens with zero attached hydrogens (tertiary/aromatic N) is 7. The van der Waals surface area contributed by atoms with Crippen molar-refractivity contribution in [2.75, 3.05) is 0 Å². The van der Waals surface area contributed by atoms with Gasteiger partial charge in [-0.2, -0.15) is 0 Å². The number of nitrogens with one attached hydrogen (secondary N) is 1. The third-order valence-electron chi connectivity index (χ3n) is 6.52. The van der Waals surface area contributed by atoms with Crippen LogP contribution >= 0.6 is 15.9 Å². The van der Waals surface area contributed by atoms with Gasteiger partial charge in [-0.1, -0.05) is 37.6 Å². The maximum Gasteiger partial charge on any atom is 0.334 e. The Morgan fingerprint density at radius 1 is 1.08 bits per heavy atom. The highest BCUT2D eigenvalue weighted by Gasteiger charge is 2.19. The van der Waals surface area contributed by atoms with Crippen LogP contribution in [0, 0.1) is 0 Å². The third-order valence-corrected chi connectivity index (χ3v) is 7.14.